The van der Waals surface area contributed by atoms with E-state index in [0.717, 1.165) is 38.5 Å². The first kappa shape index (κ1) is 81.6. The highest BCUT2D eigenvalue weighted by atomic mass is 16.5. The molecule has 2 unspecified atom stereocenters. The summed E-state index contributed by atoms with van der Waals surface area (Å²) in [6.45, 7) is 4.98. The highest BCUT2D eigenvalue weighted by molar-refractivity contribution is 5.76. The monoisotopic (exact) mass is 1170 g/mol. The van der Waals surface area contributed by atoms with Gasteiger partial charge in [0.25, 0.3) is 0 Å². The predicted octanol–water partition coefficient (Wildman–Crippen LogP) is 25.1. The van der Waals surface area contributed by atoms with Crippen molar-refractivity contribution in [1.29, 1.82) is 0 Å². The van der Waals surface area contributed by atoms with Crippen molar-refractivity contribution in [3.8, 4) is 0 Å². The van der Waals surface area contributed by atoms with Gasteiger partial charge in [-0.3, -0.25) is 9.59 Å². The summed E-state index contributed by atoms with van der Waals surface area (Å²) in [5, 5.41) is 23.2. The number of esters is 1. The zero-order valence-corrected chi connectivity index (χ0v) is 56.7. The van der Waals surface area contributed by atoms with Gasteiger partial charge in [-0.15, -0.1) is 0 Å². The minimum atomic E-state index is -0.658. The molecule has 2 atom stereocenters. The van der Waals surface area contributed by atoms with Crippen LogP contribution in [0.2, 0.25) is 0 Å². The third-order valence-corrected chi connectivity index (χ3v) is 18.3. The lowest BCUT2D eigenvalue weighted by molar-refractivity contribution is -0.143. The lowest BCUT2D eigenvalue weighted by Gasteiger charge is -2.22. The van der Waals surface area contributed by atoms with Crippen LogP contribution in [0.1, 0.15) is 444 Å². The molecule has 6 heteroatoms. The molecular weight excluding hydrogens is 1020 g/mol. The Morgan fingerprint density at radius 2 is 0.566 bits per heavy atom. The summed E-state index contributed by atoms with van der Waals surface area (Å²) in [4.78, 5) is 24.6. The van der Waals surface area contributed by atoms with Crippen molar-refractivity contribution in [2.45, 2.75) is 456 Å². The maximum Gasteiger partial charge on any atom is 0.305 e. The molecule has 0 aliphatic rings. The fourth-order valence-corrected chi connectivity index (χ4v) is 12.5. The topological polar surface area (TPSA) is 95.9 Å². The third-order valence-electron chi connectivity index (χ3n) is 18.3. The summed E-state index contributed by atoms with van der Waals surface area (Å²) >= 11 is 0. The highest BCUT2D eigenvalue weighted by Crippen LogP contribution is 2.20. The van der Waals surface area contributed by atoms with Gasteiger partial charge in [-0.1, -0.05) is 392 Å². The summed E-state index contributed by atoms with van der Waals surface area (Å²) < 4.78 is 5.51. The molecule has 3 N–H and O–H groups in total. The van der Waals surface area contributed by atoms with E-state index in [1.807, 2.05) is 0 Å². The van der Waals surface area contributed by atoms with Crippen molar-refractivity contribution in [2.24, 2.45) is 0 Å². The highest BCUT2D eigenvalue weighted by Gasteiger charge is 2.20. The van der Waals surface area contributed by atoms with Gasteiger partial charge >= 0.3 is 5.97 Å². The van der Waals surface area contributed by atoms with Crippen molar-refractivity contribution in [2.75, 3.05) is 13.2 Å². The molecular formula is C77H151NO5. The molecule has 0 aliphatic heterocycles. The SMILES string of the molecule is CCCCCCCCC/C=C\CCCCCCCCCC(=O)OCCCCCCCCCCCCCCCCCCCCCCCCCCCCCCCCCCCCCCCC(=O)NC(CO)C(O)CCCCCCCCCCCCC. The average Bonchev–Trinajstić information content (AvgIpc) is 3.49. The van der Waals surface area contributed by atoms with Gasteiger partial charge in [-0.05, 0) is 51.4 Å². The zero-order chi connectivity index (χ0) is 59.9. The Labute approximate surface area is 520 Å². The third kappa shape index (κ3) is 69.6. The fraction of sp³-hybridized carbons (Fsp3) is 0.948. The van der Waals surface area contributed by atoms with E-state index in [2.05, 4.69) is 31.3 Å². The standard InChI is InChI=1S/C77H151NO5/c1-3-5-7-9-11-13-15-16-17-18-41-44-47-51-55-59-63-67-71-77(82)83-72-68-64-60-56-52-48-45-42-39-37-35-33-31-29-27-25-23-21-19-20-22-24-26-28-30-32-34-36-38-40-43-46-50-54-58-62-66-70-76(81)78-74(73-79)75(80)69-65-61-57-53-49-14-12-10-8-6-4-2/h17-18,74-75,79-80H,3-16,19-73H2,1-2H3,(H,78,81)/b18-17-. The minimum Gasteiger partial charge on any atom is -0.466 e. The van der Waals surface area contributed by atoms with Gasteiger partial charge in [0.2, 0.25) is 5.91 Å². The first-order chi connectivity index (χ1) is 41.0. The molecule has 0 heterocycles. The zero-order valence-electron chi connectivity index (χ0n) is 56.7. The molecule has 0 aromatic heterocycles. The Balaban J connectivity index is 3.26. The molecule has 83 heavy (non-hydrogen) atoms. The Bertz CT molecular complexity index is 1260. The van der Waals surface area contributed by atoms with Crippen LogP contribution in [0.3, 0.4) is 0 Å². The Kier molecular flexibility index (Phi) is 71.8. The molecule has 0 rings (SSSR count). The van der Waals surface area contributed by atoms with E-state index in [1.165, 1.54) is 372 Å². The lowest BCUT2D eigenvalue weighted by Crippen LogP contribution is -2.45. The van der Waals surface area contributed by atoms with Crippen LogP contribution in [0.5, 0.6) is 0 Å². The Hall–Kier alpha value is -1.40. The van der Waals surface area contributed by atoms with E-state index >= 15 is 0 Å². The number of unbranched alkanes of at least 4 members (excludes halogenated alkanes) is 60. The van der Waals surface area contributed by atoms with Crippen molar-refractivity contribution in [1.82, 2.24) is 5.32 Å². The summed E-state index contributed by atoms with van der Waals surface area (Å²) in [5.74, 6) is -0.00612. The van der Waals surface area contributed by atoms with E-state index in [-0.39, 0.29) is 18.5 Å². The van der Waals surface area contributed by atoms with Gasteiger partial charge in [0.15, 0.2) is 0 Å². The number of hydrogen-bond acceptors (Lipinski definition) is 5. The van der Waals surface area contributed by atoms with Crippen molar-refractivity contribution >= 4 is 11.9 Å². The van der Waals surface area contributed by atoms with Crippen LogP contribution in [0.25, 0.3) is 0 Å². The molecule has 0 bridgehead atoms. The summed E-state index contributed by atoms with van der Waals surface area (Å²) in [6.07, 6.45) is 91.7. The molecule has 0 saturated carbocycles. The largest absolute Gasteiger partial charge is 0.466 e. The second-order valence-corrected chi connectivity index (χ2v) is 26.7. The van der Waals surface area contributed by atoms with E-state index < -0.39 is 12.1 Å². The van der Waals surface area contributed by atoms with Crippen LogP contribution < -0.4 is 5.32 Å². The number of nitrogens with one attached hydrogen (secondary N) is 1. The number of carbonyl (C=O) groups is 2. The van der Waals surface area contributed by atoms with Crippen LogP contribution in [-0.2, 0) is 14.3 Å². The molecule has 0 saturated heterocycles. The fourth-order valence-electron chi connectivity index (χ4n) is 12.5. The quantitative estimate of drug-likeness (QED) is 0.0320. The summed E-state index contributed by atoms with van der Waals surface area (Å²) in [6, 6.07) is -0.535. The number of aliphatic hydroxyl groups is 2. The number of ether oxygens (including phenoxy) is 1. The lowest BCUT2D eigenvalue weighted by atomic mass is 10.0. The number of hydrogen-bond donors (Lipinski definition) is 3. The van der Waals surface area contributed by atoms with E-state index in [0.29, 0.717) is 25.9 Å². The van der Waals surface area contributed by atoms with Crippen LogP contribution in [0.15, 0.2) is 12.2 Å². The molecule has 6 nitrogen and oxygen atoms in total. The molecule has 0 fully saturated rings. The van der Waals surface area contributed by atoms with Crippen LogP contribution in [0, 0.1) is 0 Å². The van der Waals surface area contributed by atoms with Gasteiger partial charge in [0, 0.05) is 12.8 Å². The smallest absolute Gasteiger partial charge is 0.305 e. The number of amides is 1. The van der Waals surface area contributed by atoms with Gasteiger partial charge in [-0.2, -0.15) is 0 Å². The molecule has 0 aromatic carbocycles. The molecule has 0 aromatic rings. The van der Waals surface area contributed by atoms with Crippen molar-refractivity contribution in [3.05, 3.63) is 12.2 Å². The second-order valence-electron chi connectivity index (χ2n) is 26.7. The second kappa shape index (κ2) is 73.1. The summed E-state index contributed by atoms with van der Waals surface area (Å²) in [7, 11) is 0. The van der Waals surface area contributed by atoms with Crippen LogP contribution in [-0.4, -0.2) is 47.4 Å². The van der Waals surface area contributed by atoms with Gasteiger partial charge in [0.05, 0.1) is 25.4 Å². The maximum absolute atomic E-state index is 12.5. The van der Waals surface area contributed by atoms with Gasteiger partial charge in [0.1, 0.15) is 0 Å². The van der Waals surface area contributed by atoms with E-state index in [4.69, 9.17) is 4.74 Å². The maximum atomic E-state index is 12.5. The molecule has 0 radical (unpaired) electrons. The van der Waals surface area contributed by atoms with Crippen LogP contribution >= 0.6 is 0 Å². The first-order valence-corrected chi connectivity index (χ1v) is 38.4. The number of rotatable bonds is 73. The Morgan fingerprint density at radius 1 is 0.325 bits per heavy atom. The number of carbonyl (C=O) groups excluding carboxylic acids is 2. The number of allylic oxidation sites excluding steroid dienone is 2. The Morgan fingerprint density at radius 3 is 0.855 bits per heavy atom. The first-order valence-electron chi connectivity index (χ1n) is 38.4. The van der Waals surface area contributed by atoms with E-state index in [9.17, 15) is 19.8 Å². The normalized spacial score (nSPS) is 12.5. The van der Waals surface area contributed by atoms with Gasteiger partial charge in [-0.25, -0.2) is 0 Å². The van der Waals surface area contributed by atoms with Crippen LogP contribution in [0.4, 0.5) is 0 Å². The summed E-state index contributed by atoms with van der Waals surface area (Å²) in [5.41, 5.74) is 0. The van der Waals surface area contributed by atoms with Crippen molar-refractivity contribution < 1.29 is 24.5 Å². The van der Waals surface area contributed by atoms with E-state index in [1.54, 1.807) is 0 Å². The molecule has 0 spiro atoms. The molecule has 0 aliphatic carbocycles. The predicted molar refractivity (Wildman–Crippen MR) is 366 cm³/mol. The number of aliphatic hydroxyl groups excluding tert-OH is 2. The average molecular weight is 1170 g/mol. The minimum absolute atomic E-state index is 0.0215. The van der Waals surface area contributed by atoms with Crippen molar-refractivity contribution in [3.63, 3.8) is 0 Å². The van der Waals surface area contributed by atoms with Gasteiger partial charge < -0.3 is 20.3 Å². The molecule has 1 amide bonds. The molecule has 494 valence electrons.